The van der Waals surface area contributed by atoms with E-state index < -0.39 is 0 Å². The van der Waals surface area contributed by atoms with Crippen LogP contribution in [-0.2, 0) is 0 Å². The average Bonchev–Trinajstić information content (AvgIpc) is 2.37. The molecular weight excluding hydrogens is 253 g/mol. The van der Waals surface area contributed by atoms with Crippen molar-refractivity contribution in [1.82, 2.24) is 4.90 Å². The predicted molar refractivity (Wildman–Crippen MR) is 70.5 cm³/mol. The number of nitrogens with zero attached hydrogens (tertiary/aromatic N) is 1. The highest BCUT2D eigenvalue weighted by Gasteiger charge is 2.24. The third-order valence-electron chi connectivity index (χ3n) is 3.31. The van der Waals surface area contributed by atoms with Gasteiger partial charge in [-0.3, -0.25) is 4.79 Å². The van der Waals surface area contributed by atoms with Crippen LogP contribution in [0.1, 0.15) is 28.8 Å². The van der Waals surface area contributed by atoms with Crippen molar-refractivity contribution in [3.63, 3.8) is 0 Å². The summed E-state index contributed by atoms with van der Waals surface area (Å²) in [5, 5.41) is 0. The normalized spacial score (nSPS) is 19.9. The van der Waals surface area contributed by atoms with Gasteiger partial charge in [0.2, 0.25) is 0 Å². The molecule has 2 nitrogen and oxygen atoms in total. The number of piperidine rings is 1. The van der Waals surface area contributed by atoms with Gasteiger partial charge in [0.05, 0.1) is 0 Å². The number of alkyl halides is 1. The van der Waals surface area contributed by atoms with Gasteiger partial charge in [-0.15, -0.1) is 11.6 Å². The van der Waals surface area contributed by atoms with Crippen LogP contribution in [0.2, 0.25) is 0 Å². The molecule has 0 spiro atoms. The van der Waals surface area contributed by atoms with E-state index in [1.807, 2.05) is 0 Å². The Labute approximate surface area is 112 Å². The maximum Gasteiger partial charge on any atom is 0.253 e. The van der Waals surface area contributed by atoms with Crippen LogP contribution in [0.5, 0.6) is 0 Å². The van der Waals surface area contributed by atoms with E-state index in [1.54, 1.807) is 17.9 Å². The van der Waals surface area contributed by atoms with Gasteiger partial charge in [-0.25, -0.2) is 4.39 Å². The Bertz CT molecular complexity index is 429. The van der Waals surface area contributed by atoms with E-state index >= 15 is 0 Å². The van der Waals surface area contributed by atoms with Crippen molar-refractivity contribution in [1.29, 1.82) is 0 Å². The summed E-state index contributed by atoms with van der Waals surface area (Å²) in [5.74, 6) is 0.488. The molecule has 0 N–H and O–H groups in total. The van der Waals surface area contributed by atoms with Gasteiger partial charge in [-0.2, -0.15) is 0 Å². The second-order valence-electron chi connectivity index (χ2n) is 4.93. The lowest BCUT2D eigenvalue weighted by atomic mass is 9.99. The Morgan fingerprint density at radius 2 is 2.28 bits per heavy atom. The van der Waals surface area contributed by atoms with E-state index in [9.17, 15) is 9.18 Å². The van der Waals surface area contributed by atoms with Crippen LogP contribution in [0, 0.1) is 18.7 Å². The Kier molecular flexibility index (Phi) is 4.23. The van der Waals surface area contributed by atoms with Crippen molar-refractivity contribution in [3.8, 4) is 0 Å². The van der Waals surface area contributed by atoms with Gasteiger partial charge in [0.25, 0.3) is 5.91 Å². The zero-order valence-corrected chi connectivity index (χ0v) is 11.2. The molecule has 4 heteroatoms. The van der Waals surface area contributed by atoms with Crippen LogP contribution in [0.3, 0.4) is 0 Å². The molecular formula is C14H17ClFNO. The Hall–Kier alpha value is -1.09. The van der Waals surface area contributed by atoms with E-state index in [0.717, 1.165) is 24.9 Å². The zero-order chi connectivity index (χ0) is 13.1. The third-order valence-corrected chi connectivity index (χ3v) is 3.75. The summed E-state index contributed by atoms with van der Waals surface area (Å²) in [6.07, 6.45) is 2.03. The fourth-order valence-electron chi connectivity index (χ4n) is 2.42. The summed E-state index contributed by atoms with van der Waals surface area (Å²) >= 11 is 5.85. The number of hydrogen-bond donors (Lipinski definition) is 0. The van der Waals surface area contributed by atoms with E-state index in [-0.39, 0.29) is 11.7 Å². The molecule has 0 aliphatic carbocycles. The molecule has 1 unspecified atom stereocenters. The second kappa shape index (κ2) is 5.70. The number of halogens is 2. The molecule has 98 valence electrons. The molecule has 18 heavy (non-hydrogen) atoms. The fraction of sp³-hybridized carbons (Fsp3) is 0.500. The lowest BCUT2D eigenvalue weighted by Crippen LogP contribution is -2.40. The summed E-state index contributed by atoms with van der Waals surface area (Å²) in [7, 11) is 0. The fourth-order valence-corrected chi connectivity index (χ4v) is 2.67. The summed E-state index contributed by atoms with van der Waals surface area (Å²) in [6, 6.07) is 4.46. The molecule has 1 aliphatic heterocycles. The van der Waals surface area contributed by atoms with Crippen molar-refractivity contribution in [2.75, 3.05) is 19.0 Å². The smallest absolute Gasteiger partial charge is 0.253 e. The van der Waals surface area contributed by atoms with Gasteiger partial charge >= 0.3 is 0 Å². The van der Waals surface area contributed by atoms with Crippen LogP contribution < -0.4 is 0 Å². The van der Waals surface area contributed by atoms with Crippen molar-refractivity contribution in [3.05, 3.63) is 35.1 Å². The highest BCUT2D eigenvalue weighted by molar-refractivity contribution is 6.18. The van der Waals surface area contributed by atoms with Crippen molar-refractivity contribution >= 4 is 17.5 Å². The molecule has 1 aliphatic rings. The highest BCUT2D eigenvalue weighted by atomic mass is 35.5. The standard InChI is InChI=1S/C14H17ClFNO/c1-10-5-12(7-13(16)6-10)14(18)17-4-2-3-11(8-15)9-17/h5-7,11H,2-4,8-9H2,1H3. The topological polar surface area (TPSA) is 20.3 Å². The molecule has 1 aromatic rings. The molecule has 1 amide bonds. The number of likely N-dealkylation sites (tertiary alicyclic amines) is 1. The number of hydrogen-bond acceptors (Lipinski definition) is 1. The van der Waals surface area contributed by atoms with Crippen molar-refractivity contribution < 1.29 is 9.18 Å². The van der Waals surface area contributed by atoms with Crippen LogP contribution >= 0.6 is 11.6 Å². The highest BCUT2D eigenvalue weighted by Crippen LogP contribution is 2.20. The molecule has 1 fully saturated rings. The van der Waals surface area contributed by atoms with Gasteiger partial charge in [0.1, 0.15) is 5.82 Å². The van der Waals surface area contributed by atoms with Crippen LogP contribution in [-0.4, -0.2) is 29.8 Å². The number of carbonyl (C=O) groups excluding carboxylic acids is 1. The second-order valence-corrected chi connectivity index (χ2v) is 5.24. The Morgan fingerprint density at radius 1 is 1.50 bits per heavy atom. The molecule has 0 aromatic heterocycles. The maximum atomic E-state index is 13.3. The average molecular weight is 270 g/mol. The number of rotatable bonds is 2. The molecule has 0 bridgehead atoms. The summed E-state index contributed by atoms with van der Waals surface area (Å²) < 4.78 is 13.3. The van der Waals surface area contributed by atoms with Crippen LogP contribution in [0.4, 0.5) is 4.39 Å². The monoisotopic (exact) mass is 269 g/mol. The first-order valence-corrected chi connectivity index (χ1v) is 6.76. The predicted octanol–water partition coefficient (Wildman–Crippen LogP) is 3.23. The number of amides is 1. The van der Waals surface area contributed by atoms with E-state index in [4.69, 9.17) is 11.6 Å². The van der Waals surface area contributed by atoms with Gasteiger partial charge in [0.15, 0.2) is 0 Å². The SMILES string of the molecule is Cc1cc(F)cc(C(=O)N2CCCC(CCl)C2)c1. The van der Waals surface area contributed by atoms with E-state index in [0.29, 0.717) is 23.9 Å². The summed E-state index contributed by atoms with van der Waals surface area (Å²) in [6.45, 7) is 3.21. The minimum Gasteiger partial charge on any atom is -0.338 e. The molecule has 0 radical (unpaired) electrons. The van der Waals surface area contributed by atoms with Crippen molar-refractivity contribution in [2.24, 2.45) is 5.92 Å². The number of benzene rings is 1. The van der Waals surface area contributed by atoms with Gasteiger partial charge < -0.3 is 4.90 Å². The first-order chi connectivity index (χ1) is 8.60. The molecule has 1 atom stereocenters. The van der Waals surface area contributed by atoms with Crippen LogP contribution in [0.15, 0.2) is 18.2 Å². The lowest BCUT2D eigenvalue weighted by molar-refractivity contribution is 0.0684. The summed E-state index contributed by atoms with van der Waals surface area (Å²) in [4.78, 5) is 14.1. The molecule has 2 rings (SSSR count). The van der Waals surface area contributed by atoms with E-state index in [1.165, 1.54) is 12.1 Å². The molecule has 1 aromatic carbocycles. The van der Waals surface area contributed by atoms with Gasteiger partial charge in [0, 0.05) is 24.5 Å². The zero-order valence-electron chi connectivity index (χ0n) is 10.5. The first-order valence-electron chi connectivity index (χ1n) is 6.22. The largest absolute Gasteiger partial charge is 0.338 e. The van der Waals surface area contributed by atoms with E-state index in [2.05, 4.69) is 0 Å². The van der Waals surface area contributed by atoms with Gasteiger partial charge in [-0.05, 0) is 49.4 Å². The molecule has 1 heterocycles. The minimum absolute atomic E-state index is 0.0904. The maximum absolute atomic E-state index is 13.3. The summed E-state index contributed by atoms with van der Waals surface area (Å²) in [5.41, 5.74) is 1.20. The number of aryl methyl sites for hydroxylation is 1. The quantitative estimate of drug-likeness (QED) is 0.755. The van der Waals surface area contributed by atoms with Crippen molar-refractivity contribution in [2.45, 2.75) is 19.8 Å². The number of carbonyl (C=O) groups is 1. The van der Waals surface area contributed by atoms with Crippen LogP contribution in [0.25, 0.3) is 0 Å². The minimum atomic E-state index is -0.357. The third kappa shape index (κ3) is 3.02. The Morgan fingerprint density at radius 3 is 2.94 bits per heavy atom. The lowest BCUT2D eigenvalue weighted by Gasteiger charge is -2.32. The molecule has 0 saturated carbocycles. The first kappa shape index (κ1) is 13.3. The molecule has 1 saturated heterocycles. The Balaban J connectivity index is 2.15. The van der Waals surface area contributed by atoms with Gasteiger partial charge in [-0.1, -0.05) is 0 Å².